The van der Waals surface area contributed by atoms with E-state index < -0.39 is 11.2 Å². The average Bonchev–Trinajstić information content (AvgIpc) is 2.40. The summed E-state index contributed by atoms with van der Waals surface area (Å²) in [6.07, 6.45) is 1.80. The summed E-state index contributed by atoms with van der Waals surface area (Å²) in [7, 11) is 0. The summed E-state index contributed by atoms with van der Waals surface area (Å²) >= 11 is 3.31. The minimum Gasteiger partial charge on any atom is -0.494 e. The third kappa shape index (κ3) is 3.33. The molecule has 110 valence electrons. The fourth-order valence-corrected chi connectivity index (χ4v) is 2.14. The van der Waals surface area contributed by atoms with E-state index in [0.717, 1.165) is 14.6 Å². The molecule has 0 atom stereocenters. The molecule has 0 fully saturated rings. The number of halogens is 1. The Labute approximate surface area is 129 Å². The number of allylic oxidation sites excluding steroid dienone is 2. The number of H-pyrrole nitrogens is 1. The van der Waals surface area contributed by atoms with Gasteiger partial charge in [0.25, 0.3) is 5.56 Å². The van der Waals surface area contributed by atoms with Gasteiger partial charge in [0.05, 0.1) is 0 Å². The van der Waals surface area contributed by atoms with Gasteiger partial charge in [0.2, 0.25) is 5.88 Å². The van der Waals surface area contributed by atoms with Crippen LogP contribution in [0.5, 0.6) is 5.88 Å². The van der Waals surface area contributed by atoms with Crippen molar-refractivity contribution in [3.8, 4) is 17.0 Å². The lowest BCUT2D eigenvalue weighted by Gasteiger charge is -2.10. The summed E-state index contributed by atoms with van der Waals surface area (Å²) in [4.78, 5) is 26.0. The Morgan fingerprint density at radius 1 is 1.29 bits per heavy atom. The molecule has 2 rings (SSSR count). The van der Waals surface area contributed by atoms with E-state index in [4.69, 9.17) is 0 Å². The molecule has 6 heteroatoms. The molecule has 0 bridgehead atoms. The molecule has 0 saturated carbocycles. The Bertz CT molecular complexity index is 797. The maximum Gasteiger partial charge on any atom is 0.331 e. The smallest absolute Gasteiger partial charge is 0.331 e. The number of aromatic hydroxyl groups is 1. The summed E-state index contributed by atoms with van der Waals surface area (Å²) in [5.41, 5.74) is 0.411. The number of aromatic amines is 1. The highest BCUT2D eigenvalue weighted by molar-refractivity contribution is 9.10. The molecule has 2 aromatic rings. The highest BCUT2D eigenvalue weighted by Gasteiger charge is 2.15. The van der Waals surface area contributed by atoms with E-state index in [1.165, 1.54) is 0 Å². The van der Waals surface area contributed by atoms with E-state index in [1.54, 1.807) is 30.3 Å². The zero-order valence-corrected chi connectivity index (χ0v) is 13.3. The third-order valence-electron chi connectivity index (χ3n) is 2.99. The molecule has 0 aliphatic heterocycles. The first-order valence-corrected chi connectivity index (χ1v) is 7.15. The molecule has 1 heterocycles. The van der Waals surface area contributed by atoms with Gasteiger partial charge in [-0.1, -0.05) is 39.7 Å². The van der Waals surface area contributed by atoms with Gasteiger partial charge in [0, 0.05) is 11.0 Å². The molecule has 2 N–H and O–H groups in total. The lowest BCUT2D eigenvalue weighted by Crippen LogP contribution is -2.30. The van der Waals surface area contributed by atoms with E-state index >= 15 is 0 Å². The molecule has 0 saturated heterocycles. The van der Waals surface area contributed by atoms with Crippen LogP contribution in [-0.2, 0) is 6.54 Å². The van der Waals surface area contributed by atoms with Crippen molar-refractivity contribution >= 4 is 15.9 Å². The third-order valence-corrected chi connectivity index (χ3v) is 3.52. The highest BCUT2D eigenvalue weighted by atomic mass is 79.9. The Hall–Kier alpha value is -2.08. The Kier molecular flexibility index (Phi) is 4.47. The van der Waals surface area contributed by atoms with Crippen LogP contribution < -0.4 is 11.2 Å². The van der Waals surface area contributed by atoms with Crippen LogP contribution in [0.4, 0.5) is 0 Å². The number of nitrogens with one attached hydrogen (secondary N) is 1. The second kappa shape index (κ2) is 6.13. The minimum absolute atomic E-state index is 0.0873. The predicted octanol–water partition coefficient (Wildman–Crippen LogP) is 2.64. The molecular weight excluding hydrogens is 336 g/mol. The number of benzene rings is 1. The Morgan fingerprint density at radius 2 is 1.90 bits per heavy atom. The van der Waals surface area contributed by atoms with Crippen LogP contribution in [-0.4, -0.2) is 14.7 Å². The molecule has 1 aromatic heterocycles. The van der Waals surface area contributed by atoms with Crippen LogP contribution in [0.25, 0.3) is 11.1 Å². The van der Waals surface area contributed by atoms with Gasteiger partial charge < -0.3 is 5.11 Å². The second-order valence-electron chi connectivity index (χ2n) is 4.86. The van der Waals surface area contributed by atoms with Crippen molar-refractivity contribution in [3.63, 3.8) is 0 Å². The largest absolute Gasteiger partial charge is 0.494 e. The molecule has 5 nitrogen and oxygen atoms in total. The van der Waals surface area contributed by atoms with Crippen LogP contribution in [0, 0.1) is 0 Å². The fourth-order valence-electron chi connectivity index (χ4n) is 1.88. The van der Waals surface area contributed by atoms with E-state index in [-0.39, 0.29) is 18.0 Å². The van der Waals surface area contributed by atoms with Gasteiger partial charge in [-0.2, -0.15) is 0 Å². The topological polar surface area (TPSA) is 75.1 Å². The number of rotatable bonds is 3. The minimum atomic E-state index is -0.629. The molecule has 0 unspecified atom stereocenters. The maximum atomic E-state index is 12.0. The Balaban J connectivity index is 2.64. The van der Waals surface area contributed by atoms with Crippen LogP contribution in [0.2, 0.25) is 0 Å². The lowest BCUT2D eigenvalue weighted by atomic mass is 10.1. The van der Waals surface area contributed by atoms with Gasteiger partial charge in [-0.15, -0.1) is 0 Å². The zero-order valence-electron chi connectivity index (χ0n) is 11.7. The number of nitrogens with zero attached hydrogens (tertiary/aromatic N) is 1. The summed E-state index contributed by atoms with van der Waals surface area (Å²) in [5.74, 6) is -0.330. The standard InChI is InChI=1S/C15H15BrN2O3/c1-9(2)7-8-18-14(20)12(13(19)17-15(18)21)10-3-5-11(16)6-4-10/h3-7,20H,8H2,1-2H3,(H,17,19,21). The van der Waals surface area contributed by atoms with Crippen molar-refractivity contribution < 1.29 is 5.11 Å². The molecule has 0 radical (unpaired) electrons. The molecule has 0 aliphatic rings. The quantitative estimate of drug-likeness (QED) is 0.835. The van der Waals surface area contributed by atoms with Crippen LogP contribution in [0.1, 0.15) is 13.8 Å². The van der Waals surface area contributed by atoms with Crippen LogP contribution in [0.3, 0.4) is 0 Å². The van der Waals surface area contributed by atoms with Gasteiger partial charge in [-0.3, -0.25) is 14.3 Å². The highest BCUT2D eigenvalue weighted by Crippen LogP contribution is 2.25. The normalized spacial score (nSPS) is 10.4. The molecular formula is C15H15BrN2O3. The van der Waals surface area contributed by atoms with Crippen LogP contribution in [0.15, 0.2) is 50.0 Å². The molecule has 0 spiro atoms. The summed E-state index contributed by atoms with van der Waals surface area (Å²) in [6, 6.07) is 6.92. The van der Waals surface area contributed by atoms with Gasteiger partial charge in [0.15, 0.2) is 0 Å². The van der Waals surface area contributed by atoms with E-state index in [1.807, 2.05) is 13.8 Å². The first-order valence-electron chi connectivity index (χ1n) is 6.35. The van der Waals surface area contributed by atoms with Gasteiger partial charge >= 0.3 is 5.69 Å². The SMILES string of the molecule is CC(C)=CCn1c(O)c(-c2ccc(Br)cc2)c(=O)[nH]c1=O. The number of aromatic nitrogens is 2. The lowest BCUT2D eigenvalue weighted by molar-refractivity contribution is 0.413. The Morgan fingerprint density at radius 3 is 2.48 bits per heavy atom. The van der Waals surface area contributed by atoms with E-state index in [2.05, 4.69) is 20.9 Å². The molecule has 1 aromatic carbocycles. The fraction of sp³-hybridized carbons (Fsp3) is 0.200. The van der Waals surface area contributed by atoms with Crippen molar-refractivity contribution in [2.75, 3.05) is 0 Å². The molecule has 0 amide bonds. The molecule has 21 heavy (non-hydrogen) atoms. The maximum absolute atomic E-state index is 12.0. The number of hydrogen-bond donors (Lipinski definition) is 2. The number of hydrogen-bond acceptors (Lipinski definition) is 3. The van der Waals surface area contributed by atoms with E-state index in [9.17, 15) is 14.7 Å². The summed E-state index contributed by atoms with van der Waals surface area (Å²) in [5, 5.41) is 10.3. The predicted molar refractivity (Wildman–Crippen MR) is 85.6 cm³/mol. The van der Waals surface area contributed by atoms with Crippen molar-refractivity contribution in [1.29, 1.82) is 0 Å². The van der Waals surface area contributed by atoms with Gasteiger partial charge in [0.1, 0.15) is 5.56 Å². The molecule has 0 aliphatic carbocycles. The van der Waals surface area contributed by atoms with Crippen molar-refractivity contribution in [1.82, 2.24) is 9.55 Å². The van der Waals surface area contributed by atoms with E-state index in [0.29, 0.717) is 5.56 Å². The van der Waals surface area contributed by atoms with Gasteiger partial charge in [-0.25, -0.2) is 4.79 Å². The van der Waals surface area contributed by atoms with Crippen LogP contribution >= 0.6 is 15.9 Å². The van der Waals surface area contributed by atoms with Gasteiger partial charge in [-0.05, 0) is 31.5 Å². The first-order chi connectivity index (χ1) is 9.90. The van der Waals surface area contributed by atoms with Crippen molar-refractivity contribution in [3.05, 3.63) is 61.2 Å². The summed E-state index contributed by atoms with van der Waals surface area (Å²) < 4.78 is 1.99. The monoisotopic (exact) mass is 350 g/mol. The second-order valence-corrected chi connectivity index (χ2v) is 5.77. The first kappa shape index (κ1) is 15.3. The zero-order chi connectivity index (χ0) is 15.6. The summed E-state index contributed by atoms with van der Waals surface area (Å²) in [6.45, 7) is 3.99. The van der Waals surface area contributed by atoms with Crippen molar-refractivity contribution in [2.24, 2.45) is 0 Å². The van der Waals surface area contributed by atoms with Crippen molar-refractivity contribution in [2.45, 2.75) is 20.4 Å². The average molecular weight is 351 g/mol.